The molecule has 0 saturated heterocycles. The van der Waals surface area contributed by atoms with E-state index in [4.69, 9.17) is 5.73 Å². The van der Waals surface area contributed by atoms with Crippen LogP contribution in [0.5, 0.6) is 0 Å². The average Bonchev–Trinajstić information content (AvgIpc) is 2.30. The summed E-state index contributed by atoms with van der Waals surface area (Å²) in [6.45, 7) is 0.856. The molecule has 0 aromatic carbocycles. The minimum absolute atomic E-state index is 0.680. The zero-order chi connectivity index (χ0) is 9.80. The molecule has 2 nitrogen and oxygen atoms in total. The van der Waals surface area contributed by atoms with E-state index >= 15 is 0 Å². The SMILES string of the molecule is NCC1CCC(c2ccccn2)CC1. The van der Waals surface area contributed by atoms with Gasteiger partial charge in [0.05, 0.1) is 0 Å². The molecular weight excluding hydrogens is 172 g/mol. The Morgan fingerprint density at radius 2 is 2.00 bits per heavy atom. The fourth-order valence-corrected chi connectivity index (χ4v) is 2.31. The first-order valence-electron chi connectivity index (χ1n) is 5.51. The van der Waals surface area contributed by atoms with E-state index < -0.39 is 0 Å². The van der Waals surface area contributed by atoms with Gasteiger partial charge in [-0.05, 0) is 50.3 Å². The highest BCUT2D eigenvalue weighted by Crippen LogP contribution is 2.34. The summed E-state index contributed by atoms with van der Waals surface area (Å²) in [6.07, 6.45) is 6.97. The lowest BCUT2D eigenvalue weighted by atomic mass is 9.80. The third-order valence-electron chi connectivity index (χ3n) is 3.29. The predicted molar refractivity (Wildman–Crippen MR) is 58.0 cm³/mol. The third kappa shape index (κ3) is 2.13. The van der Waals surface area contributed by atoms with Crippen LogP contribution >= 0.6 is 0 Å². The van der Waals surface area contributed by atoms with E-state index in [1.807, 2.05) is 12.3 Å². The van der Waals surface area contributed by atoms with Gasteiger partial charge in [0.15, 0.2) is 0 Å². The van der Waals surface area contributed by atoms with Crippen molar-refractivity contribution in [2.45, 2.75) is 31.6 Å². The van der Waals surface area contributed by atoms with E-state index in [0.717, 1.165) is 12.5 Å². The first-order valence-corrected chi connectivity index (χ1v) is 5.51. The second-order valence-electron chi connectivity index (χ2n) is 4.21. The monoisotopic (exact) mass is 190 g/mol. The lowest BCUT2D eigenvalue weighted by Crippen LogP contribution is -2.20. The first kappa shape index (κ1) is 9.66. The molecule has 1 aromatic heterocycles. The second-order valence-corrected chi connectivity index (χ2v) is 4.21. The molecule has 0 unspecified atom stereocenters. The van der Waals surface area contributed by atoms with Crippen molar-refractivity contribution in [1.29, 1.82) is 0 Å². The Bertz CT molecular complexity index is 263. The maximum Gasteiger partial charge on any atom is 0.0434 e. The van der Waals surface area contributed by atoms with Gasteiger partial charge in [-0.1, -0.05) is 6.07 Å². The van der Waals surface area contributed by atoms with E-state index in [1.54, 1.807) is 0 Å². The molecule has 76 valence electrons. The van der Waals surface area contributed by atoms with E-state index in [0.29, 0.717) is 5.92 Å². The van der Waals surface area contributed by atoms with E-state index in [-0.39, 0.29) is 0 Å². The molecule has 1 fully saturated rings. The Balaban J connectivity index is 1.96. The van der Waals surface area contributed by atoms with E-state index in [9.17, 15) is 0 Å². The van der Waals surface area contributed by atoms with Crippen LogP contribution < -0.4 is 5.73 Å². The maximum atomic E-state index is 5.67. The summed E-state index contributed by atoms with van der Waals surface area (Å²) in [7, 11) is 0. The molecule has 0 radical (unpaired) electrons. The van der Waals surface area contributed by atoms with E-state index in [2.05, 4.69) is 17.1 Å². The summed E-state index contributed by atoms with van der Waals surface area (Å²) in [5.41, 5.74) is 6.94. The molecule has 0 amide bonds. The Labute approximate surface area is 85.5 Å². The zero-order valence-electron chi connectivity index (χ0n) is 8.52. The zero-order valence-corrected chi connectivity index (χ0v) is 8.52. The van der Waals surface area contributed by atoms with Gasteiger partial charge in [-0.15, -0.1) is 0 Å². The lowest BCUT2D eigenvalue weighted by molar-refractivity contribution is 0.329. The number of aromatic nitrogens is 1. The summed E-state index contributed by atoms with van der Waals surface area (Å²) < 4.78 is 0. The van der Waals surface area contributed by atoms with Crippen LogP contribution in [-0.4, -0.2) is 11.5 Å². The molecule has 1 aromatic rings. The quantitative estimate of drug-likeness (QED) is 0.777. The minimum Gasteiger partial charge on any atom is -0.330 e. The van der Waals surface area contributed by atoms with Gasteiger partial charge in [-0.25, -0.2) is 0 Å². The van der Waals surface area contributed by atoms with Crippen molar-refractivity contribution in [3.8, 4) is 0 Å². The molecule has 0 atom stereocenters. The highest BCUT2D eigenvalue weighted by molar-refractivity contribution is 5.10. The van der Waals surface area contributed by atoms with Gasteiger partial charge in [0.2, 0.25) is 0 Å². The number of nitrogens with two attached hydrogens (primary N) is 1. The van der Waals surface area contributed by atoms with Crippen LogP contribution in [0, 0.1) is 5.92 Å². The number of hydrogen-bond donors (Lipinski definition) is 1. The molecule has 1 heterocycles. The Morgan fingerprint density at radius 1 is 1.21 bits per heavy atom. The highest BCUT2D eigenvalue weighted by atomic mass is 14.7. The van der Waals surface area contributed by atoms with Gasteiger partial charge in [0.1, 0.15) is 0 Å². The third-order valence-corrected chi connectivity index (χ3v) is 3.29. The van der Waals surface area contributed by atoms with Crippen LogP contribution in [0.2, 0.25) is 0 Å². The van der Waals surface area contributed by atoms with Crippen LogP contribution in [0.15, 0.2) is 24.4 Å². The van der Waals surface area contributed by atoms with Crippen LogP contribution in [0.25, 0.3) is 0 Å². The molecule has 2 rings (SSSR count). The molecule has 0 aliphatic heterocycles. The van der Waals surface area contributed by atoms with Crippen molar-refractivity contribution in [3.05, 3.63) is 30.1 Å². The number of hydrogen-bond acceptors (Lipinski definition) is 2. The van der Waals surface area contributed by atoms with Gasteiger partial charge in [-0.3, -0.25) is 4.98 Å². The smallest absolute Gasteiger partial charge is 0.0434 e. The number of pyridine rings is 1. The van der Waals surface area contributed by atoms with Crippen LogP contribution in [0.1, 0.15) is 37.3 Å². The normalized spacial score (nSPS) is 27.5. The predicted octanol–water partition coefficient (Wildman–Crippen LogP) is 2.31. The largest absolute Gasteiger partial charge is 0.330 e. The van der Waals surface area contributed by atoms with Gasteiger partial charge in [0, 0.05) is 17.8 Å². The van der Waals surface area contributed by atoms with E-state index in [1.165, 1.54) is 31.4 Å². The summed E-state index contributed by atoms with van der Waals surface area (Å²) in [5.74, 6) is 1.44. The number of nitrogens with zero attached hydrogens (tertiary/aromatic N) is 1. The van der Waals surface area contributed by atoms with Crippen LogP contribution in [0.3, 0.4) is 0 Å². The molecule has 1 aliphatic carbocycles. The topological polar surface area (TPSA) is 38.9 Å². The van der Waals surface area contributed by atoms with Gasteiger partial charge in [-0.2, -0.15) is 0 Å². The molecule has 0 bridgehead atoms. The maximum absolute atomic E-state index is 5.67. The summed E-state index contributed by atoms with van der Waals surface area (Å²) >= 11 is 0. The molecule has 2 heteroatoms. The Kier molecular flexibility index (Phi) is 3.14. The highest BCUT2D eigenvalue weighted by Gasteiger charge is 2.21. The second kappa shape index (κ2) is 4.56. The van der Waals surface area contributed by atoms with Gasteiger partial charge >= 0.3 is 0 Å². The van der Waals surface area contributed by atoms with Gasteiger partial charge in [0.25, 0.3) is 0 Å². The lowest BCUT2D eigenvalue weighted by Gasteiger charge is -2.27. The Morgan fingerprint density at radius 3 is 2.57 bits per heavy atom. The minimum atomic E-state index is 0.680. The molecular formula is C12H18N2. The molecule has 1 saturated carbocycles. The van der Waals surface area contributed by atoms with Crippen LogP contribution in [-0.2, 0) is 0 Å². The molecule has 2 N–H and O–H groups in total. The average molecular weight is 190 g/mol. The number of rotatable bonds is 2. The summed E-state index contributed by atoms with van der Waals surface area (Å²) in [6, 6.07) is 6.21. The van der Waals surface area contributed by atoms with Crippen molar-refractivity contribution in [3.63, 3.8) is 0 Å². The molecule has 0 spiro atoms. The summed E-state index contributed by atoms with van der Waals surface area (Å²) in [4.78, 5) is 4.42. The molecule has 14 heavy (non-hydrogen) atoms. The van der Waals surface area contributed by atoms with Crippen molar-refractivity contribution < 1.29 is 0 Å². The fourth-order valence-electron chi connectivity index (χ4n) is 2.31. The van der Waals surface area contributed by atoms with Crippen molar-refractivity contribution in [2.75, 3.05) is 6.54 Å². The van der Waals surface area contributed by atoms with Gasteiger partial charge < -0.3 is 5.73 Å². The molecule has 1 aliphatic rings. The van der Waals surface area contributed by atoms with Crippen molar-refractivity contribution in [2.24, 2.45) is 11.7 Å². The van der Waals surface area contributed by atoms with Crippen molar-refractivity contribution in [1.82, 2.24) is 4.98 Å². The van der Waals surface area contributed by atoms with Crippen molar-refractivity contribution >= 4 is 0 Å². The fraction of sp³-hybridized carbons (Fsp3) is 0.583. The standard InChI is InChI=1S/C12H18N2/c13-9-10-4-6-11(7-5-10)12-3-1-2-8-14-12/h1-3,8,10-11H,4-7,9,13H2. The van der Waals surface area contributed by atoms with Crippen LogP contribution in [0.4, 0.5) is 0 Å². The Hall–Kier alpha value is -0.890. The first-order chi connectivity index (χ1) is 6.90. The summed E-state index contributed by atoms with van der Waals surface area (Å²) in [5, 5.41) is 0.